The van der Waals surface area contributed by atoms with E-state index < -0.39 is 0 Å². The van der Waals surface area contributed by atoms with Gasteiger partial charge in [0.2, 0.25) is 0 Å². The molecule has 2 fully saturated rings. The Labute approximate surface area is 126 Å². The number of hydrogen-bond acceptors (Lipinski definition) is 2. The topological polar surface area (TPSA) is 15.3 Å². The molecule has 0 amide bonds. The van der Waals surface area contributed by atoms with Gasteiger partial charge in [-0.25, -0.2) is 0 Å². The van der Waals surface area contributed by atoms with Crippen LogP contribution in [-0.2, 0) is 0 Å². The summed E-state index contributed by atoms with van der Waals surface area (Å²) in [4.78, 5) is 2.89. The summed E-state index contributed by atoms with van der Waals surface area (Å²) in [5.74, 6) is 0.881. The van der Waals surface area contributed by atoms with E-state index in [2.05, 4.69) is 44.8 Å². The van der Waals surface area contributed by atoms with E-state index in [0.717, 1.165) is 5.92 Å². The Kier molecular flexibility index (Phi) is 5.18. The predicted molar refractivity (Wildman–Crippen MR) is 88.1 cm³/mol. The molecule has 1 saturated heterocycles. The Morgan fingerprint density at radius 2 is 1.75 bits per heavy atom. The zero-order chi connectivity index (χ0) is 14.8. The van der Waals surface area contributed by atoms with E-state index >= 15 is 0 Å². The first-order valence-electron chi connectivity index (χ1n) is 8.89. The fourth-order valence-corrected chi connectivity index (χ4v) is 4.14. The van der Waals surface area contributed by atoms with Gasteiger partial charge in [-0.05, 0) is 24.2 Å². The van der Waals surface area contributed by atoms with Crippen molar-refractivity contribution < 1.29 is 0 Å². The van der Waals surface area contributed by atoms with Crippen LogP contribution in [-0.4, -0.2) is 36.1 Å². The fourth-order valence-electron chi connectivity index (χ4n) is 4.14. The van der Waals surface area contributed by atoms with Crippen molar-refractivity contribution in [2.75, 3.05) is 19.6 Å². The second-order valence-corrected chi connectivity index (χ2v) is 8.32. The average molecular weight is 281 g/mol. The maximum Gasteiger partial charge on any atom is 0.0334 e. The zero-order valence-corrected chi connectivity index (χ0v) is 14.5. The normalized spacial score (nSPS) is 27.6. The Hall–Kier alpha value is -0.0800. The maximum absolute atomic E-state index is 3.89. The molecule has 1 saturated carbocycles. The molecule has 1 spiro atoms. The third kappa shape index (κ3) is 3.39. The standard InChI is InChI=1S/C18H36N2/c1-6-15(7-2)12-20-13-16(17(3,4)5)19-14-18(20)10-8-9-11-18/h15-16,19H,6-14H2,1-5H3. The third-order valence-corrected chi connectivity index (χ3v) is 5.96. The molecule has 2 heteroatoms. The highest BCUT2D eigenvalue weighted by molar-refractivity contribution is 5.04. The molecule has 1 unspecified atom stereocenters. The molecule has 118 valence electrons. The van der Waals surface area contributed by atoms with E-state index in [9.17, 15) is 0 Å². The summed E-state index contributed by atoms with van der Waals surface area (Å²) in [7, 11) is 0. The Morgan fingerprint density at radius 1 is 1.15 bits per heavy atom. The maximum atomic E-state index is 3.89. The number of piperazine rings is 1. The van der Waals surface area contributed by atoms with Crippen LogP contribution in [0.1, 0.15) is 73.1 Å². The SMILES string of the molecule is CCC(CC)CN1CC(C(C)(C)C)NCC12CCCC2. The van der Waals surface area contributed by atoms with Crippen molar-refractivity contribution in [3.05, 3.63) is 0 Å². The highest BCUT2D eigenvalue weighted by atomic mass is 15.3. The van der Waals surface area contributed by atoms with Crippen LogP contribution in [0.2, 0.25) is 0 Å². The monoisotopic (exact) mass is 280 g/mol. The van der Waals surface area contributed by atoms with Gasteiger partial charge in [-0.3, -0.25) is 4.90 Å². The lowest BCUT2D eigenvalue weighted by atomic mass is 9.80. The fraction of sp³-hybridized carbons (Fsp3) is 1.00. The highest BCUT2D eigenvalue weighted by Gasteiger charge is 2.45. The van der Waals surface area contributed by atoms with Gasteiger partial charge in [0.25, 0.3) is 0 Å². The number of nitrogens with one attached hydrogen (secondary N) is 1. The van der Waals surface area contributed by atoms with Crippen molar-refractivity contribution in [3.63, 3.8) is 0 Å². The van der Waals surface area contributed by atoms with Crippen LogP contribution in [0.25, 0.3) is 0 Å². The molecule has 1 atom stereocenters. The summed E-state index contributed by atoms with van der Waals surface area (Å²) in [6.07, 6.45) is 8.35. The zero-order valence-electron chi connectivity index (χ0n) is 14.5. The Balaban J connectivity index is 2.10. The summed E-state index contributed by atoms with van der Waals surface area (Å²) >= 11 is 0. The first kappa shape index (κ1) is 16.3. The quantitative estimate of drug-likeness (QED) is 0.835. The van der Waals surface area contributed by atoms with E-state index in [1.54, 1.807) is 0 Å². The van der Waals surface area contributed by atoms with Crippen molar-refractivity contribution >= 4 is 0 Å². The Morgan fingerprint density at radius 3 is 2.25 bits per heavy atom. The van der Waals surface area contributed by atoms with Crippen LogP contribution in [0.15, 0.2) is 0 Å². The van der Waals surface area contributed by atoms with E-state index in [4.69, 9.17) is 0 Å². The van der Waals surface area contributed by atoms with Crippen molar-refractivity contribution in [2.24, 2.45) is 11.3 Å². The molecule has 0 aromatic rings. The van der Waals surface area contributed by atoms with Gasteiger partial charge in [0.1, 0.15) is 0 Å². The van der Waals surface area contributed by atoms with Gasteiger partial charge < -0.3 is 5.32 Å². The van der Waals surface area contributed by atoms with E-state index in [1.807, 2.05) is 0 Å². The van der Waals surface area contributed by atoms with Crippen molar-refractivity contribution in [2.45, 2.75) is 84.7 Å². The van der Waals surface area contributed by atoms with E-state index in [-0.39, 0.29) is 0 Å². The van der Waals surface area contributed by atoms with Crippen molar-refractivity contribution in [1.29, 1.82) is 0 Å². The van der Waals surface area contributed by atoms with Crippen molar-refractivity contribution in [3.8, 4) is 0 Å². The first-order valence-corrected chi connectivity index (χ1v) is 8.89. The molecule has 1 aliphatic heterocycles. The van der Waals surface area contributed by atoms with Gasteiger partial charge >= 0.3 is 0 Å². The summed E-state index contributed by atoms with van der Waals surface area (Å²) in [6, 6.07) is 0.642. The highest BCUT2D eigenvalue weighted by Crippen LogP contribution is 2.39. The lowest BCUT2D eigenvalue weighted by Gasteiger charge is -2.52. The largest absolute Gasteiger partial charge is 0.310 e. The summed E-state index contributed by atoms with van der Waals surface area (Å²) in [5, 5.41) is 3.89. The van der Waals surface area contributed by atoms with Crippen LogP contribution in [0.4, 0.5) is 0 Å². The average Bonchev–Trinajstić information content (AvgIpc) is 2.86. The lowest BCUT2D eigenvalue weighted by Crippen LogP contribution is -2.66. The first-order chi connectivity index (χ1) is 9.41. The molecule has 20 heavy (non-hydrogen) atoms. The predicted octanol–water partition coefficient (Wildman–Crippen LogP) is 4.06. The van der Waals surface area contributed by atoms with Crippen LogP contribution in [0.5, 0.6) is 0 Å². The Bertz CT molecular complexity index is 295. The van der Waals surface area contributed by atoms with Crippen LogP contribution >= 0.6 is 0 Å². The molecule has 0 aromatic carbocycles. The van der Waals surface area contributed by atoms with Gasteiger partial charge in [0, 0.05) is 31.2 Å². The van der Waals surface area contributed by atoms with Gasteiger partial charge in [0.15, 0.2) is 0 Å². The molecule has 0 aromatic heterocycles. The third-order valence-electron chi connectivity index (χ3n) is 5.96. The molecule has 1 heterocycles. The molecule has 1 N–H and O–H groups in total. The molecular weight excluding hydrogens is 244 g/mol. The van der Waals surface area contributed by atoms with E-state index in [1.165, 1.54) is 58.2 Å². The van der Waals surface area contributed by atoms with Crippen LogP contribution < -0.4 is 5.32 Å². The molecule has 2 rings (SSSR count). The smallest absolute Gasteiger partial charge is 0.0334 e. The van der Waals surface area contributed by atoms with Gasteiger partial charge in [-0.1, -0.05) is 60.3 Å². The minimum Gasteiger partial charge on any atom is -0.310 e. The van der Waals surface area contributed by atoms with Crippen LogP contribution in [0.3, 0.4) is 0 Å². The van der Waals surface area contributed by atoms with Crippen molar-refractivity contribution in [1.82, 2.24) is 10.2 Å². The van der Waals surface area contributed by atoms with E-state index in [0.29, 0.717) is 17.0 Å². The van der Waals surface area contributed by atoms with Gasteiger partial charge in [-0.15, -0.1) is 0 Å². The summed E-state index contributed by atoms with van der Waals surface area (Å²) in [5.41, 5.74) is 0.858. The molecule has 2 nitrogen and oxygen atoms in total. The second-order valence-electron chi connectivity index (χ2n) is 8.32. The number of rotatable bonds is 4. The molecular formula is C18H36N2. The summed E-state index contributed by atoms with van der Waals surface area (Å²) in [6.45, 7) is 15.7. The summed E-state index contributed by atoms with van der Waals surface area (Å²) < 4.78 is 0. The molecule has 0 bridgehead atoms. The van der Waals surface area contributed by atoms with Gasteiger partial charge in [0.05, 0.1) is 0 Å². The molecule has 2 aliphatic rings. The lowest BCUT2D eigenvalue weighted by molar-refractivity contribution is 0.00512. The second kappa shape index (κ2) is 6.36. The minimum atomic E-state index is 0.367. The number of nitrogens with zero attached hydrogens (tertiary/aromatic N) is 1. The van der Waals surface area contributed by atoms with Crippen LogP contribution in [0, 0.1) is 11.3 Å². The minimum absolute atomic E-state index is 0.367. The molecule has 1 aliphatic carbocycles. The van der Waals surface area contributed by atoms with Gasteiger partial charge in [-0.2, -0.15) is 0 Å². The number of hydrogen-bond donors (Lipinski definition) is 1. The molecule has 0 radical (unpaired) electrons.